The van der Waals surface area contributed by atoms with Gasteiger partial charge in [0.25, 0.3) is 0 Å². The van der Waals surface area contributed by atoms with Crippen LogP contribution in [0.15, 0.2) is 0 Å². The molecule has 0 heterocycles. The summed E-state index contributed by atoms with van der Waals surface area (Å²) in [6.45, 7) is 13.7. The van der Waals surface area contributed by atoms with Gasteiger partial charge in [-0.3, -0.25) is 0 Å². The number of likely N-dealkylation sites (N-methyl/N-ethyl adjacent to an activating group) is 1. The van der Waals surface area contributed by atoms with Crippen LogP contribution in [0.25, 0.3) is 0 Å². The Kier molecular flexibility index (Phi) is 7.20. The summed E-state index contributed by atoms with van der Waals surface area (Å²) in [6.07, 6.45) is 6.37. The second-order valence-electron chi connectivity index (χ2n) is 5.82. The van der Waals surface area contributed by atoms with E-state index in [4.69, 9.17) is 5.73 Å². The van der Waals surface area contributed by atoms with Crippen LogP contribution in [0.4, 0.5) is 0 Å². The van der Waals surface area contributed by atoms with Gasteiger partial charge in [-0.15, -0.1) is 0 Å². The van der Waals surface area contributed by atoms with Gasteiger partial charge >= 0.3 is 0 Å². The summed E-state index contributed by atoms with van der Waals surface area (Å²) in [7, 11) is 0. The molecule has 18 heavy (non-hydrogen) atoms. The Bertz CT molecular complexity index is 208. The fraction of sp³-hybridized carbons (Fsp3) is 1.00. The first-order valence-electron chi connectivity index (χ1n) is 7.87. The molecule has 1 saturated carbocycles. The molecule has 0 amide bonds. The summed E-state index contributed by atoms with van der Waals surface area (Å²) in [5.74, 6) is 0. The topological polar surface area (TPSA) is 32.5 Å². The molecular weight excluding hydrogens is 222 g/mol. The highest BCUT2D eigenvalue weighted by Gasteiger charge is 2.30. The summed E-state index contributed by atoms with van der Waals surface area (Å²) in [4.78, 5) is 5.05. The van der Waals surface area contributed by atoms with Crippen LogP contribution in [0.3, 0.4) is 0 Å². The summed E-state index contributed by atoms with van der Waals surface area (Å²) in [6, 6.07) is 0. The first-order valence-corrected chi connectivity index (χ1v) is 7.87. The van der Waals surface area contributed by atoms with Gasteiger partial charge in [-0.1, -0.05) is 33.6 Å². The summed E-state index contributed by atoms with van der Waals surface area (Å²) < 4.78 is 0. The summed E-state index contributed by atoms with van der Waals surface area (Å²) in [5.41, 5.74) is 6.58. The Morgan fingerprint density at radius 3 is 1.89 bits per heavy atom. The Balaban J connectivity index is 2.24. The second kappa shape index (κ2) is 8.13. The minimum absolute atomic E-state index is 0.116. The molecule has 0 aromatic carbocycles. The van der Waals surface area contributed by atoms with Crippen molar-refractivity contribution in [1.29, 1.82) is 0 Å². The molecule has 1 aliphatic carbocycles. The number of hydrogen-bond donors (Lipinski definition) is 1. The van der Waals surface area contributed by atoms with Crippen molar-refractivity contribution >= 4 is 0 Å². The first kappa shape index (κ1) is 15.9. The lowest BCUT2D eigenvalue weighted by Gasteiger charge is -2.32. The Labute approximate surface area is 114 Å². The maximum absolute atomic E-state index is 6.47. The molecule has 0 radical (unpaired) electrons. The third-order valence-electron chi connectivity index (χ3n) is 4.43. The molecule has 0 spiro atoms. The third kappa shape index (κ3) is 5.25. The van der Waals surface area contributed by atoms with E-state index in [0.717, 1.165) is 13.1 Å². The molecule has 108 valence electrons. The van der Waals surface area contributed by atoms with Crippen LogP contribution >= 0.6 is 0 Å². The van der Waals surface area contributed by atoms with E-state index < -0.39 is 0 Å². The van der Waals surface area contributed by atoms with E-state index in [-0.39, 0.29) is 5.54 Å². The van der Waals surface area contributed by atoms with Crippen molar-refractivity contribution in [2.75, 3.05) is 39.3 Å². The van der Waals surface area contributed by atoms with Crippen LogP contribution in [0.5, 0.6) is 0 Å². The van der Waals surface area contributed by atoms with Crippen LogP contribution in [0, 0.1) is 0 Å². The molecule has 0 aromatic heterocycles. The van der Waals surface area contributed by atoms with E-state index in [0.29, 0.717) is 0 Å². The number of rotatable bonds is 9. The average Bonchev–Trinajstić information content (AvgIpc) is 2.80. The zero-order valence-corrected chi connectivity index (χ0v) is 12.7. The predicted molar refractivity (Wildman–Crippen MR) is 79.9 cm³/mol. The van der Waals surface area contributed by atoms with Gasteiger partial charge < -0.3 is 15.5 Å². The van der Waals surface area contributed by atoms with Crippen molar-refractivity contribution < 1.29 is 0 Å². The highest BCUT2D eigenvalue weighted by molar-refractivity contribution is 4.91. The predicted octanol–water partition coefficient (Wildman–Crippen LogP) is 2.31. The van der Waals surface area contributed by atoms with E-state index >= 15 is 0 Å². The minimum Gasteiger partial charge on any atom is -0.324 e. The van der Waals surface area contributed by atoms with E-state index in [1.54, 1.807) is 0 Å². The van der Waals surface area contributed by atoms with Crippen molar-refractivity contribution in [3.8, 4) is 0 Å². The van der Waals surface area contributed by atoms with Gasteiger partial charge in [-0.25, -0.2) is 0 Å². The number of hydrogen-bond acceptors (Lipinski definition) is 3. The summed E-state index contributed by atoms with van der Waals surface area (Å²) in [5, 5.41) is 0. The smallest absolute Gasteiger partial charge is 0.0283 e. The van der Waals surface area contributed by atoms with Gasteiger partial charge in [0, 0.05) is 12.1 Å². The Morgan fingerprint density at radius 1 is 0.889 bits per heavy atom. The SMILES string of the molecule is CCN(CC)CCCN(CC)CC1(N)CCCC1. The molecule has 1 fully saturated rings. The minimum atomic E-state index is 0.116. The van der Waals surface area contributed by atoms with Crippen molar-refractivity contribution in [3.63, 3.8) is 0 Å². The number of nitrogens with two attached hydrogens (primary N) is 1. The molecule has 0 bridgehead atoms. The van der Waals surface area contributed by atoms with Gasteiger partial charge in [0.05, 0.1) is 0 Å². The normalized spacial score (nSPS) is 19.0. The monoisotopic (exact) mass is 255 g/mol. The van der Waals surface area contributed by atoms with Crippen molar-refractivity contribution in [3.05, 3.63) is 0 Å². The van der Waals surface area contributed by atoms with Gasteiger partial charge in [0.1, 0.15) is 0 Å². The molecule has 0 unspecified atom stereocenters. The fourth-order valence-electron chi connectivity index (χ4n) is 3.09. The van der Waals surface area contributed by atoms with Crippen LogP contribution in [0.2, 0.25) is 0 Å². The first-order chi connectivity index (χ1) is 8.63. The van der Waals surface area contributed by atoms with Crippen LogP contribution in [-0.4, -0.2) is 54.6 Å². The zero-order valence-electron chi connectivity index (χ0n) is 12.7. The lowest BCUT2D eigenvalue weighted by molar-refractivity contribution is 0.201. The lowest BCUT2D eigenvalue weighted by Crippen LogP contribution is -2.48. The molecule has 0 atom stereocenters. The third-order valence-corrected chi connectivity index (χ3v) is 4.43. The van der Waals surface area contributed by atoms with E-state index in [1.165, 1.54) is 58.3 Å². The molecule has 0 aromatic rings. The quantitative estimate of drug-likeness (QED) is 0.686. The summed E-state index contributed by atoms with van der Waals surface area (Å²) >= 11 is 0. The standard InChI is InChI=1S/C15H33N3/c1-4-17(5-2)12-9-13-18(6-3)14-15(16)10-7-8-11-15/h4-14,16H2,1-3H3. The maximum Gasteiger partial charge on any atom is 0.0283 e. The Hall–Kier alpha value is -0.120. The molecule has 0 aliphatic heterocycles. The zero-order chi connectivity index (χ0) is 13.4. The van der Waals surface area contributed by atoms with Gasteiger partial charge in [-0.2, -0.15) is 0 Å². The molecule has 1 rings (SSSR count). The van der Waals surface area contributed by atoms with Crippen LogP contribution in [-0.2, 0) is 0 Å². The molecule has 2 N–H and O–H groups in total. The van der Waals surface area contributed by atoms with Gasteiger partial charge in [0.15, 0.2) is 0 Å². The van der Waals surface area contributed by atoms with Gasteiger partial charge in [-0.05, 0) is 52.0 Å². The number of nitrogens with zero attached hydrogens (tertiary/aromatic N) is 2. The fourth-order valence-corrected chi connectivity index (χ4v) is 3.09. The maximum atomic E-state index is 6.47. The van der Waals surface area contributed by atoms with Crippen molar-refractivity contribution in [2.24, 2.45) is 5.73 Å². The van der Waals surface area contributed by atoms with Crippen molar-refractivity contribution in [1.82, 2.24) is 9.80 Å². The highest BCUT2D eigenvalue weighted by Crippen LogP contribution is 2.27. The molecule has 3 heteroatoms. The lowest BCUT2D eigenvalue weighted by atomic mass is 9.98. The van der Waals surface area contributed by atoms with Crippen LogP contribution < -0.4 is 5.73 Å². The van der Waals surface area contributed by atoms with E-state index in [2.05, 4.69) is 30.6 Å². The highest BCUT2D eigenvalue weighted by atomic mass is 15.2. The van der Waals surface area contributed by atoms with Crippen molar-refractivity contribution in [2.45, 2.75) is 58.4 Å². The molecule has 1 aliphatic rings. The van der Waals surface area contributed by atoms with E-state index in [9.17, 15) is 0 Å². The van der Waals surface area contributed by atoms with Gasteiger partial charge in [0.2, 0.25) is 0 Å². The van der Waals surface area contributed by atoms with Crippen LogP contribution in [0.1, 0.15) is 52.9 Å². The second-order valence-corrected chi connectivity index (χ2v) is 5.82. The Morgan fingerprint density at radius 2 is 1.39 bits per heavy atom. The average molecular weight is 255 g/mol. The largest absolute Gasteiger partial charge is 0.324 e. The van der Waals surface area contributed by atoms with E-state index in [1.807, 2.05) is 0 Å². The molecule has 0 saturated heterocycles. The molecule has 3 nitrogen and oxygen atoms in total. The molecular formula is C15H33N3.